The van der Waals surface area contributed by atoms with E-state index in [9.17, 15) is 14.4 Å². The molecule has 244 valence electrons. The van der Waals surface area contributed by atoms with E-state index in [0.29, 0.717) is 32.2 Å². The number of thiazole rings is 2. The number of ketones is 1. The summed E-state index contributed by atoms with van der Waals surface area (Å²) in [5, 5.41) is 5.92. The highest BCUT2D eigenvalue weighted by Crippen LogP contribution is 2.22. The first-order valence-electron chi connectivity index (χ1n) is 15.2. The molecule has 0 aliphatic carbocycles. The molecule has 2 N–H and O–H groups in total. The van der Waals surface area contributed by atoms with E-state index in [-0.39, 0.29) is 43.4 Å². The van der Waals surface area contributed by atoms with Gasteiger partial charge in [0.15, 0.2) is 5.78 Å². The number of nitrogens with zero attached hydrogens (tertiary/aromatic N) is 3. The quantitative estimate of drug-likeness (QED) is 0.136. The third-order valence-electron chi connectivity index (χ3n) is 7.50. The van der Waals surface area contributed by atoms with E-state index in [4.69, 9.17) is 9.47 Å². The van der Waals surface area contributed by atoms with Crippen molar-refractivity contribution in [2.75, 3.05) is 20.8 Å². The van der Waals surface area contributed by atoms with Gasteiger partial charge in [0.05, 0.1) is 29.0 Å². The van der Waals surface area contributed by atoms with Crippen LogP contribution in [-0.4, -0.2) is 65.6 Å². The first-order chi connectivity index (χ1) is 22.4. The van der Waals surface area contributed by atoms with Crippen LogP contribution in [0.3, 0.4) is 0 Å². The Morgan fingerprint density at radius 2 is 1.48 bits per heavy atom. The summed E-state index contributed by atoms with van der Waals surface area (Å²) in [6, 6.07) is 18.7. The van der Waals surface area contributed by atoms with E-state index in [0.717, 1.165) is 20.9 Å². The topological polar surface area (TPSA) is 123 Å². The molecule has 0 saturated carbocycles. The molecule has 3 atom stereocenters. The maximum atomic E-state index is 13.7. The van der Waals surface area contributed by atoms with Gasteiger partial charge in [-0.2, -0.15) is 0 Å². The van der Waals surface area contributed by atoms with Gasteiger partial charge in [-0.3, -0.25) is 14.8 Å². The average molecular weight is 664 g/mol. The zero-order valence-corrected chi connectivity index (χ0v) is 27.8. The molecule has 2 heterocycles. The Bertz CT molecular complexity index is 1460. The summed E-state index contributed by atoms with van der Waals surface area (Å²) in [5.41, 5.74) is 5.63. The van der Waals surface area contributed by atoms with Crippen molar-refractivity contribution in [1.29, 1.82) is 0 Å². The first-order valence-corrected chi connectivity index (χ1v) is 16.9. The fraction of sp³-hybridized carbons (Fsp3) is 0.382. The minimum atomic E-state index is -0.792. The molecular weight excluding hydrogens is 623 g/mol. The van der Waals surface area contributed by atoms with Gasteiger partial charge in [0.25, 0.3) is 0 Å². The lowest BCUT2D eigenvalue weighted by molar-refractivity contribution is -0.123. The lowest BCUT2D eigenvalue weighted by Crippen LogP contribution is -2.49. The minimum absolute atomic E-state index is 0.0330. The third-order valence-corrected chi connectivity index (χ3v) is 9.02. The van der Waals surface area contributed by atoms with Crippen molar-refractivity contribution >= 4 is 40.6 Å². The van der Waals surface area contributed by atoms with Crippen LogP contribution >= 0.6 is 22.7 Å². The van der Waals surface area contributed by atoms with Crippen LogP contribution in [0.15, 0.2) is 84.1 Å². The number of benzene rings is 2. The van der Waals surface area contributed by atoms with Crippen molar-refractivity contribution in [2.45, 2.75) is 57.3 Å². The number of Topliss-reactive ketones (excluding diaryl/α,β-unsaturated/α-hetero) is 1. The highest BCUT2D eigenvalue weighted by atomic mass is 32.1. The van der Waals surface area contributed by atoms with E-state index in [1.54, 1.807) is 30.5 Å². The van der Waals surface area contributed by atoms with E-state index < -0.39 is 12.1 Å². The Hall–Kier alpha value is -4.13. The van der Waals surface area contributed by atoms with Gasteiger partial charge in [-0.1, -0.05) is 60.7 Å². The second-order valence-corrected chi connectivity index (χ2v) is 13.1. The molecule has 2 aromatic carbocycles. The predicted molar refractivity (Wildman–Crippen MR) is 180 cm³/mol. The number of nitrogens with one attached hydrogen (secondary N) is 2. The molecule has 0 aliphatic heterocycles. The van der Waals surface area contributed by atoms with Crippen LogP contribution in [0.1, 0.15) is 40.1 Å². The Balaban J connectivity index is 1.42. The Morgan fingerprint density at radius 3 is 2.09 bits per heavy atom. The van der Waals surface area contributed by atoms with Gasteiger partial charge in [-0.25, -0.2) is 9.59 Å². The van der Waals surface area contributed by atoms with Crippen molar-refractivity contribution < 1.29 is 23.9 Å². The number of urea groups is 1. The summed E-state index contributed by atoms with van der Waals surface area (Å²) in [6.07, 6.45) is 5.77. The summed E-state index contributed by atoms with van der Waals surface area (Å²) in [4.78, 5) is 50.9. The van der Waals surface area contributed by atoms with Crippen LogP contribution in [-0.2, 0) is 40.3 Å². The van der Waals surface area contributed by atoms with Crippen molar-refractivity contribution in [3.63, 3.8) is 0 Å². The standard InChI is InChI=1S/C34H41N5O5S2/c1-39(20-29-18-35-23-45-29)33(41)38-31(22-43-2)32(40)17-27(15-25-9-5-3-6-10-25)13-14-28(16-26-11-7-4-8-12-26)37-34(42)44-21-30-19-36-24-46-30/h3-12,18-19,23-24,27-28,31H,13-17,20-22H2,1-2H3,(H,37,42)(H,38,41)/t27-,28-,31+/m1/s1. The van der Waals surface area contributed by atoms with Crippen LogP contribution in [0.2, 0.25) is 0 Å². The molecule has 4 rings (SSSR count). The lowest BCUT2D eigenvalue weighted by Gasteiger charge is -2.25. The molecule has 12 heteroatoms. The molecule has 0 unspecified atom stereocenters. The highest BCUT2D eigenvalue weighted by Gasteiger charge is 2.26. The van der Waals surface area contributed by atoms with Crippen LogP contribution < -0.4 is 10.6 Å². The summed E-state index contributed by atoms with van der Waals surface area (Å²) in [7, 11) is 3.20. The van der Waals surface area contributed by atoms with E-state index in [1.165, 1.54) is 34.7 Å². The first kappa shape index (κ1) is 34.7. The highest BCUT2D eigenvalue weighted by molar-refractivity contribution is 7.09. The summed E-state index contributed by atoms with van der Waals surface area (Å²) in [5.74, 6) is -0.131. The molecule has 3 amide bonds. The van der Waals surface area contributed by atoms with Gasteiger partial charge < -0.3 is 25.0 Å². The van der Waals surface area contributed by atoms with Crippen LogP contribution in [0, 0.1) is 5.92 Å². The Kier molecular flexibility index (Phi) is 14.2. The number of rotatable bonds is 18. The molecule has 0 aliphatic rings. The van der Waals surface area contributed by atoms with Gasteiger partial charge in [0, 0.05) is 43.9 Å². The van der Waals surface area contributed by atoms with Gasteiger partial charge in [0.2, 0.25) is 0 Å². The Morgan fingerprint density at radius 1 is 0.848 bits per heavy atom. The van der Waals surface area contributed by atoms with Crippen molar-refractivity contribution in [3.8, 4) is 0 Å². The van der Waals surface area contributed by atoms with E-state index in [2.05, 4.69) is 32.7 Å². The molecule has 0 bridgehead atoms. The number of aromatic nitrogens is 2. The molecule has 4 aromatic rings. The maximum Gasteiger partial charge on any atom is 0.407 e. The normalized spacial score (nSPS) is 12.9. The monoisotopic (exact) mass is 663 g/mol. The van der Waals surface area contributed by atoms with Crippen LogP contribution in [0.25, 0.3) is 0 Å². The molecule has 0 saturated heterocycles. The van der Waals surface area contributed by atoms with Crippen molar-refractivity contribution in [1.82, 2.24) is 25.5 Å². The summed E-state index contributed by atoms with van der Waals surface area (Å²) >= 11 is 2.90. The smallest absolute Gasteiger partial charge is 0.407 e. The number of hydrogen-bond acceptors (Lipinski definition) is 9. The minimum Gasteiger partial charge on any atom is -0.444 e. The largest absolute Gasteiger partial charge is 0.444 e. The van der Waals surface area contributed by atoms with Crippen molar-refractivity contribution in [3.05, 3.63) is 105 Å². The molecule has 0 spiro atoms. The number of carbonyl (C=O) groups is 3. The average Bonchev–Trinajstić information content (AvgIpc) is 3.78. The fourth-order valence-corrected chi connectivity index (χ4v) is 6.29. The van der Waals surface area contributed by atoms with E-state index in [1.807, 2.05) is 48.5 Å². The predicted octanol–water partition coefficient (Wildman–Crippen LogP) is 5.89. The number of ether oxygens (including phenoxy) is 2. The molecule has 46 heavy (non-hydrogen) atoms. The fourth-order valence-electron chi connectivity index (χ4n) is 5.14. The zero-order valence-electron chi connectivity index (χ0n) is 26.2. The van der Waals surface area contributed by atoms with Crippen molar-refractivity contribution in [2.24, 2.45) is 5.92 Å². The number of amides is 3. The van der Waals surface area contributed by atoms with Gasteiger partial charge >= 0.3 is 12.1 Å². The molecular formula is C34H41N5O5S2. The molecule has 0 fully saturated rings. The zero-order chi connectivity index (χ0) is 32.6. The second-order valence-electron chi connectivity index (χ2n) is 11.2. The molecule has 0 radical (unpaired) electrons. The number of methoxy groups -OCH3 is 1. The summed E-state index contributed by atoms with van der Waals surface area (Å²) in [6.45, 7) is 0.621. The third kappa shape index (κ3) is 12.0. The van der Waals surface area contributed by atoms with E-state index >= 15 is 0 Å². The Labute approximate surface area is 278 Å². The second kappa shape index (κ2) is 18.7. The van der Waals surface area contributed by atoms with Gasteiger partial charge in [-0.15, -0.1) is 22.7 Å². The van der Waals surface area contributed by atoms with Gasteiger partial charge in [0.1, 0.15) is 12.6 Å². The SMILES string of the molecule is COC[C@H](NC(=O)N(C)Cc1cncs1)C(=O)C[C@H](CC[C@H](Cc1ccccc1)NC(=O)OCc1cncs1)Cc1ccccc1. The number of carbonyl (C=O) groups excluding carboxylic acids is 3. The lowest BCUT2D eigenvalue weighted by atomic mass is 9.86. The van der Waals surface area contributed by atoms with Gasteiger partial charge in [-0.05, 0) is 42.7 Å². The summed E-state index contributed by atoms with van der Waals surface area (Å²) < 4.78 is 10.8. The molecule has 10 nitrogen and oxygen atoms in total. The van der Waals surface area contributed by atoms with Crippen LogP contribution in [0.4, 0.5) is 9.59 Å². The van der Waals surface area contributed by atoms with Crippen LogP contribution in [0.5, 0.6) is 0 Å². The molecule has 2 aromatic heterocycles. The maximum absolute atomic E-state index is 13.7. The number of alkyl carbamates (subject to hydrolysis) is 1. The number of hydrogen-bond donors (Lipinski definition) is 2.